The number of hydrogen-bond donors (Lipinski definition) is 1. The molecule has 0 radical (unpaired) electrons. The Morgan fingerprint density at radius 2 is 1.94 bits per heavy atom. The molecule has 2 heterocycles. The normalized spacial score (nSPS) is 15.8. The zero-order valence-electron chi connectivity index (χ0n) is 17.6. The van der Waals surface area contributed by atoms with E-state index in [4.69, 9.17) is 0 Å². The first kappa shape index (κ1) is 21.1. The van der Waals surface area contributed by atoms with Crippen molar-refractivity contribution in [2.24, 2.45) is 7.05 Å². The molecule has 1 aliphatic heterocycles. The quantitative estimate of drug-likeness (QED) is 0.595. The highest BCUT2D eigenvalue weighted by Gasteiger charge is 2.34. The third kappa shape index (κ3) is 4.80. The topological polar surface area (TPSA) is 80.1 Å². The second kappa shape index (κ2) is 9.34. The molecule has 8 heteroatoms. The van der Waals surface area contributed by atoms with Gasteiger partial charge in [-0.2, -0.15) is 0 Å². The van der Waals surface area contributed by atoms with E-state index in [9.17, 15) is 9.59 Å². The first-order valence-corrected chi connectivity index (χ1v) is 11.3. The van der Waals surface area contributed by atoms with E-state index in [0.717, 1.165) is 29.9 Å². The Morgan fingerprint density at radius 3 is 2.71 bits per heavy atom. The lowest BCUT2D eigenvalue weighted by Crippen LogP contribution is -2.32. The van der Waals surface area contributed by atoms with E-state index in [1.54, 1.807) is 0 Å². The van der Waals surface area contributed by atoms with Crippen LogP contribution < -0.4 is 5.32 Å². The summed E-state index contributed by atoms with van der Waals surface area (Å²) in [5.41, 5.74) is 2.52. The van der Waals surface area contributed by atoms with Crippen molar-refractivity contribution >= 4 is 29.3 Å². The van der Waals surface area contributed by atoms with Crippen molar-refractivity contribution in [1.29, 1.82) is 0 Å². The monoisotopic (exact) mass is 435 g/mol. The maximum absolute atomic E-state index is 13.1. The number of amides is 2. The molecule has 3 aromatic rings. The van der Waals surface area contributed by atoms with Crippen molar-refractivity contribution in [3.8, 4) is 0 Å². The van der Waals surface area contributed by atoms with Crippen LogP contribution >= 0.6 is 11.8 Å². The van der Waals surface area contributed by atoms with Gasteiger partial charge in [-0.3, -0.25) is 9.59 Å². The molecule has 7 nitrogen and oxygen atoms in total. The van der Waals surface area contributed by atoms with Crippen LogP contribution in [0.5, 0.6) is 0 Å². The van der Waals surface area contributed by atoms with Gasteiger partial charge in [0.2, 0.25) is 5.91 Å². The molecule has 1 unspecified atom stereocenters. The van der Waals surface area contributed by atoms with Crippen molar-refractivity contribution in [2.45, 2.75) is 31.0 Å². The van der Waals surface area contributed by atoms with Gasteiger partial charge in [0.25, 0.3) is 5.91 Å². The Morgan fingerprint density at radius 1 is 1.13 bits per heavy atom. The Kier molecular flexibility index (Phi) is 6.36. The summed E-state index contributed by atoms with van der Waals surface area (Å²) in [5, 5.41) is 12.2. The molecule has 2 aromatic carbocycles. The van der Waals surface area contributed by atoms with Gasteiger partial charge in [0.1, 0.15) is 0 Å². The van der Waals surface area contributed by atoms with E-state index in [1.807, 2.05) is 78.0 Å². The molecule has 2 amide bonds. The summed E-state index contributed by atoms with van der Waals surface area (Å²) in [6.07, 6.45) is 1.78. The van der Waals surface area contributed by atoms with Crippen LogP contribution in [0.25, 0.3) is 0 Å². The number of carbonyl (C=O) groups is 2. The summed E-state index contributed by atoms with van der Waals surface area (Å²) < 4.78 is 1.90. The summed E-state index contributed by atoms with van der Waals surface area (Å²) in [6, 6.07) is 16.9. The van der Waals surface area contributed by atoms with E-state index in [-0.39, 0.29) is 23.6 Å². The number of nitrogens with one attached hydrogen (secondary N) is 1. The molecule has 1 aliphatic rings. The fourth-order valence-corrected chi connectivity index (χ4v) is 4.53. The number of rotatable bonds is 6. The molecule has 1 atom stereocenters. The van der Waals surface area contributed by atoms with Crippen LogP contribution in [0, 0.1) is 6.92 Å². The van der Waals surface area contributed by atoms with Crippen LogP contribution in [0.4, 0.5) is 5.69 Å². The van der Waals surface area contributed by atoms with E-state index in [0.29, 0.717) is 17.3 Å². The molecule has 0 spiro atoms. The molecule has 0 saturated carbocycles. The fourth-order valence-electron chi connectivity index (χ4n) is 3.81. The number of anilines is 1. The highest BCUT2D eigenvalue weighted by Crippen LogP contribution is 2.33. The molecule has 0 bridgehead atoms. The SMILES string of the molecule is Cc1cccc(C(=O)N2CCCC2c2nnc(SCC(=O)Nc3ccccc3)n2C)c1. The molecule has 160 valence electrons. The minimum Gasteiger partial charge on any atom is -0.328 e. The van der Waals surface area contributed by atoms with Crippen LogP contribution in [-0.2, 0) is 11.8 Å². The number of benzene rings is 2. The first-order valence-electron chi connectivity index (χ1n) is 10.3. The van der Waals surface area contributed by atoms with E-state index >= 15 is 0 Å². The second-order valence-electron chi connectivity index (χ2n) is 7.63. The van der Waals surface area contributed by atoms with Gasteiger partial charge in [-0.1, -0.05) is 47.7 Å². The van der Waals surface area contributed by atoms with Gasteiger partial charge in [-0.25, -0.2) is 0 Å². The third-order valence-electron chi connectivity index (χ3n) is 5.34. The summed E-state index contributed by atoms with van der Waals surface area (Å²) in [4.78, 5) is 27.2. The number of thioether (sulfide) groups is 1. The van der Waals surface area contributed by atoms with Gasteiger partial charge < -0.3 is 14.8 Å². The minimum absolute atomic E-state index is 0.0191. The van der Waals surface area contributed by atoms with Crippen molar-refractivity contribution in [1.82, 2.24) is 19.7 Å². The van der Waals surface area contributed by atoms with Gasteiger partial charge in [0.05, 0.1) is 11.8 Å². The zero-order chi connectivity index (χ0) is 21.8. The summed E-state index contributed by atoms with van der Waals surface area (Å²) >= 11 is 1.34. The lowest BCUT2D eigenvalue weighted by atomic mass is 10.1. The summed E-state index contributed by atoms with van der Waals surface area (Å²) in [5.74, 6) is 0.908. The van der Waals surface area contributed by atoms with Gasteiger partial charge in [0, 0.05) is 24.8 Å². The Balaban J connectivity index is 1.43. The van der Waals surface area contributed by atoms with E-state index in [1.165, 1.54) is 11.8 Å². The standard InChI is InChI=1S/C23H25N5O2S/c1-16-8-6-9-17(14-16)22(30)28-13-7-12-19(28)21-25-26-23(27(21)2)31-15-20(29)24-18-10-4-3-5-11-18/h3-6,8-11,14,19H,7,12-13,15H2,1-2H3,(H,24,29). The molecule has 31 heavy (non-hydrogen) atoms. The fraction of sp³-hybridized carbons (Fsp3) is 0.304. The highest BCUT2D eigenvalue weighted by atomic mass is 32.2. The number of aromatic nitrogens is 3. The number of para-hydroxylation sites is 1. The molecule has 1 N–H and O–H groups in total. The van der Waals surface area contributed by atoms with Crippen molar-refractivity contribution in [3.63, 3.8) is 0 Å². The molecule has 1 fully saturated rings. The lowest BCUT2D eigenvalue weighted by Gasteiger charge is -2.24. The average Bonchev–Trinajstić information content (AvgIpc) is 3.39. The number of likely N-dealkylation sites (tertiary alicyclic amines) is 1. The van der Waals surface area contributed by atoms with Gasteiger partial charge in [-0.05, 0) is 44.0 Å². The van der Waals surface area contributed by atoms with Crippen molar-refractivity contribution in [2.75, 3.05) is 17.6 Å². The Labute approximate surface area is 185 Å². The smallest absolute Gasteiger partial charge is 0.254 e. The molecule has 4 rings (SSSR count). The zero-order valence-corrected chi connectivity index (χ0v) is 18.4. The van der Waals surface area contributed by atoms with Crippen molar-refractivity contribution < 1.29 is 9.59 Å². The lowest BCUT2D eigenvalue weighted by molar-refractivity contribution is -0.113. The predicted molar refractivity (Wildman–Crippen MR) is 121 cm³/mol. The van der Waals surface area contributed by atoms with Crippen LogP contribution in [0.1, 0.15) is 40.6 Å². The van der Waals surface area contributed by atoms with E-state index < -0.39 is 0 Å². The number of aryl methyl sites for hydroxylation is 1. The predicted octanol–water partition coefficient (Wildman–Crippen LogP) is 3.83. The van der Waals surface area contributed by atoms with Gasteiger partial charge in [0.15, 0.2) is 11.0 Å². The maximum atomic E-state index is 13.1. The molecular weight excluding hydrogens is 410 g/mol. The maximum Gasteiger partial charge on any atom is 0.254 e. The minimum atomic E-state index is -0.113. The van der Waals surface area contributed by atoms with Crippen LogP contribution in [0.3, 0.4) is 0 Å². The number of carbonyl (C=O) groups excluding carboxylic acids is 2. The summed E-state index contributed by atoms with van der Waals surface area (Å²) in [7, 11) is 1.89. The Bertz CT molecular complexity index is 1080. The van der Waals surface area contributed by atoms with Crippen LogP contribution in [0.2, 0.25) is 0 Å². The highest BCUT2D eigenvalue weighted by molar-refractivity contribution is 7.99. The van der Waals surface area contributed by atoms with Crippen LogP contribution in [0.15, 0.2) is 59.8 Å². The van der Waals surface area contributed by atoms with Gasteiger partial charge >= 0.3 is 0 Å². The summed E-state index contributed by atoms with van der Waals surface area (Å²) in [6.45, 7) is 2.69. The molecule has 0 aliphatic carbocycles. The van der Waals surface area contributed by atoms with Crippen molar-refractivity contribution in [3.05, 3.63) is 71.5 Å². The molecular formula is C23H25N5O2S. The average molecular weight is 436 g/mol. The third-order valence-corrected chi connectivity index (χ3v) is 6.36. The molecule has 1 saturated heterocycles. The van der Waals surface area contributed by atoms with Crippen LogP contribution in [-0.4, -0.2) is 43.8 Å². The largest absolute Gasteiger partial charge is 0.328 e. The number of nitrogens with zero attached hydrogens (tertiary/aromatic N) is 4. The molecule has 1 aromatic heterocycles. The Hall–Kier alpha value is -3.13. The first-order chi connectivity index (χ1) is 15.0. The second-order valence-corrected chi connectivity index (χ2v) is 8.57. The van der Waals surface area contributed by atoms with E-state index in [2.05, 4.69) is 15.5 Å². The number of hydrogen-bond acceptors (Lipinski definition) is 5. The van der Waals surface area contributed by atoms with Gasteiger partial charge in [-0.15, -0.1) is 10.2 Å².